The summed E-state index contributed by atoms with van der Waals surface area (Å²) in [5.41, 5.74) is 3.03. The van der Waals surface area contributed by atoms with Crippen molar-refractivity contribution in [2.75, 3.05) is 32.9 Å². The first kappa shape index (κ1) is 19.3. The molecule has 0 bridgehead atoms. The zero-order valence-corrected chi connectivity index (χ0v) is 16.6. The van der Waals surface area contributed by atoms with E-state index in [-0.39, 0.29) is 0 Å². The van der Waals surface area contributed by atoms with Crippen LogP contribution in [0.2, 0.25) is 0 Å². The summed E-state index contributed by atoms with van der Waals surface area (Å²) in [6.07, 6.45) is 0.300. The van der Waals surface area contributed by atoms with Crippen molar-refractivity contribution in [2.24, 2.45) is 0 Å². The molecule has 1 saturated carbocycles. The van der Waals surface area contributed by atoms with Crippen molar-refractivity contribution < 1.29 is 17.9 Å². The summed E-state index contributed by atoms with van der Waals surface area (Å²) in [5, 5.41) is 3.21. The number of piperazine rings is 1. The van der Waals surface area contributed by atoms with E-state index >= 15 is 0 Å². The van der Waals surface area contributed by atoms with Crippen molar-refractivity contribution in [2.45, 2.75) is 25.1 Å². The first-order valence-corrected chi connectivity index (χ1v) is 10.4. The van der Waals surface area contributed by atoms with Gasteiger partial charge in [-0.1, -0.05) is 18.2 Å². The third-order valence-electron chi connectivity index (χ3n) is 6.07. The lowest BCUT2D eigenvalue weighted by Crippen LogP contribution is -2.46. The predicted octanol–water partition coefficient (Wildman–Crippen LogP) is 4.39. The third kappa shape index (κ3) is 3.86. The molecule has 1 N–H and O–H groups in total. The lowest BCUT2D eigenvalue weighted by Gasteiger charge is -2.37. The van der Waals surface area contributed by atoms with Crippen LogP contribution in [0.15, 0.2) is 48.7 Å². The van der Waals surface area contributed by atoms with E-state index in [0.717, 1.165) is 72.5 Å². The van der Waals surface area contributed by atoms with Gasteiger partial charge in [0.25, 0.3) is 0 Å². The Morgan fingerprint density at radius 1 is 0.900 bits per heavy atom. The molecule has 5 rings (SSSR count). The van der Waals surface area contributed by atoms with Gasteiger partial charge in [-0.05, 0) is 48.2 Å². The van der Waals surface area contributed by atoms with E-state index in [0.29, 0.717) is 6.73 Å². The van der Waals surface area contributed by atoms with Gasteiger partial charge in [-0.3, -0.25) is 4.90 Å². The molecule has 2 aromatic rings. The lowest BCUT2D eigenvalue weighted by molar-refractivity contribution is -0.137. The number of halogens is 3. The second-order valence-corrected chi connectivity index (χ2v) is 8.06. The second kappa shape index (κ2) is 7.54. The van der Waals surface area contributed by atoms with Gasteiger partial charge >= 0.3 is 6.18 Å². The molecule has 0 amide bonds. The van der Waals surface area contributed by atoms with Crippen molar-refractivity contribution in [3.8, 4) is 16.9 Å². The highest BCUT2D eigenvalue weighted by Gasteiger charge is 2.32. The average molecular weight is 415 g/mol. The smallest absolute Gasteiger partial charge is 0.416 e. The summed E-state index contributed by atoms with van der Waals surface area (Å²) >= 11 is 0. The fourth-order valence-corrected chi connectivity index (χ4v) is 4.25. The van der Waals surface area contributed by atoms with Gasteiger partial charge in [0.05, 0.1) is 11.3 Å². The van der Waals surface area contributed by atoms with E-state index in [9.17, 15) is 13.2 Å². The van der Waals surface area contributed by atoms with Crippen molar-refractivity contribution in [3.05, 3.63) is 59.8 Å². The van der Waals surface area contributed by atoms with Crippen LogP contribution in [0.1, 0.15) is 24.0 Å². The maximum atomic E-state index is 12.9. The molecule has 30 heavy (non-hydrogen) atoms. The Bertz CT molecular complexity index is 943. The van der Waals surface area contributed by atoms with Crippen LogP contribution >= 0.6 is 0 Å². The second-order valence-electron chi connectivity index (χ2n) is 8.06. The zero-order valence-electron chi connectivity index (χ0n) is 16.6. The average Bonchev–Trinajstić information content (AvgIpc) is 3.60. The number of hydrogen-bond acceptors (Lipinski definition) is 4. The minimum absolute atomic E-state index is 0.387. The highest BCUT2D eigenvalue weighted by molar-refractivity contribution is 5.76. The van der Waals surface area contributed by atoms with Crippen LogP contribution in [0.25, 0.3) is 16.8 Å². The molecular formula is C23H24F3N3O. The van der Waals surface area contributed by atoms with Crippen molar-refractivity contribution in [1.29, 1.82) is 0 Å². The van der Waals surface area contributed by atoms with Gasteiger partial charge in [0.15, 0.2) is 6.73 Å². The minimum atomic E-state index is -4.33. The van der Waals surface area contributed by atoms with Crippen LogP contribution in [0.4, 0.5) is 13.2 Å². The van der Waals surface area contributed by atoms with Crippen LogP contribution in [-0.2, 0) is 6.18 Å². The van der Waals surface area contributed by atoms with Gasteiger partial charge in [-0.2, -0.15) is 13.2 Å². The Balaban J connectivity index is 1.42. The van der Waals surface area contributed by atoms with Gasteiger partial charge in [0.1, 0.15) is 5.75 Å². The molecule has 0 unspecified atom stereocenters. The molecule has 3 aliphatic rings. The standard InChI is InChI=1S/C23H24F3N3O/c24-23(25,26)18-4-1-16(2-5-18)17-3-8-22-20(13-17)21(14-27-15-30-22)29-11-9-28(10-12-29)19-6-7-19/h1-5,8,13-14,19,27H,6-7,9-12,15H2. The first-order chi connectivity index (χ1) is 14.5. The number of ether oxygens (including phenoxy) is 1. The topological polar surface area (TPSA) is 27.7 Å². The number of alkyl halides is 3. The molecule has 4 nitrogen and oxygen atoms in total. The van der Waals surface area contributed by atoms with Crippen LogP contribution in [0.3, 0.4) is 0 Å². The van der Waals surface area contributed by atoms with Gasteiger partial charge in [0, 0.05) is 44.0 Å². The predicted molar refractivity (Wildman–Crippen MR) is 110 cm³/mol. The molecule has 2 aliphatic heterocycles. The van der Waals surface area contributed by atoms with Crippen molar-refractivity contribution in [3.63, 3.8) is 0 Å². The SMILES string of the molecule is FC(F)(F)c1ccc(-c2ccc3c(c2)C(N2CCN(C4CC4)CC2)=CNCO3)cc1. The zero-order chi connectivity index (χ0) is 20.7. The normalized spacial score (nSPS) is 20.0. The summed E-state index contributed by atoms with van der Waals surface area (Å²) in [6.45, 7) is 4.40. The van der Waals surface area contributed by atoms with Crippen molar-refractivity contribution in [1.82, 2.24) is 15.1 Å². The van der Waals surface area contributed by atoms with E-state index in [4.69, 9.17) is 4.74 Å². The molecule has 0 atom stereocenters. The maximum Gasteiger partial charge on any atom is 0.416 e. The highest BCUT2D eigenvalue weighted by Crippen LogP contribution is 2.36. The number of fused-ring (bicyclic) bond motifs is 1. The lowest BCUT2D eigenvalue weighted by atomic mass is 9.99. The summed E-state index contributed by atoms with van der Waals surface area (Å²) in [5.74, 6) is 0.784. The molecule has 0 aromatic heterocycles. The van der Waals surface area contributed by atoms with E-state index < -0.39 is 11.7 Å². The maximum absolute atomic E-state index is 12.9. The summed E-state index contributed by atoms with van der Waals surface area (Å²) in [6, 6.07) is 11.9. The van der Waals surface area contributed by atoms with E-state index in [2.05, 4.69) is 15.1 Å². The largest absolute Gasteiger partial charge is 0.473 e. The molecule has 2 fully saturated rings. The fraction of sp³-hybridized carbons (Fsp3) is 0.391. The van der Waals surface area contributed by atoms with Crippen LogP contribution in [0, 0.1) is 0 Å². The number of nitrogens with one attached hydrogen (secondary N) is 1. The van der Waals surface area contributed by atoms with E-state index in [1.807, 2.05) is 24.4 Å². The summed E-state index contributed by atoms with van der Waals surface area (Å²) < 4.78 is 44.5. The van der Waals surface area contributed by atoms with E-state index in [1.54, 1.807) is 0 Å². The Kier molecular flexibility index (Phi) is 4.85. The minimum Gasteiger partial charge on any atom is -0.473 e. The molecule has 1 saturated heterocycles. The van der Waals surface area contributed by atoms with Gasteiger partial charge in [-0.25, -0.2) is 0 Å². The Labute approximate surface area is 173 Å². The number of nitrogens with zero attached hydrogens (tertiary/aromatic N) is 2. The monoisotopic (exact) mass is 415 g/mol. The van der Waals surface area contributed by atoms with Crippen LogP contribution in [0.5, 0.6) is 5.75 Å². The molecule has 0 radical (unpaired) electrons. The fourth-order valence-electron chi connectivity index (χ4n) is 4.25. The molecule has 1 aliphatic carbocycles. The summed E-state index contributed by atoms with van der Waals surface area (Å²) in [7, 11) is 0. The van der Waals surface area contributed by atoms with Crippen LogP contribution in [-0.4, -0.2) is 48.8 Å². The third-order valence-corrected chi connectivity index (χ3v) is 6.07. The molecule has 158 valence electrons. The molecule has 2 aromatic carbocycles. The van der Waals surface area contributed by atoms with Gasteiger partial charge in [-0.15, -0.1) is 0 Å². The molecular weight excluding hydrogens is 391 g/mol. The number of hydrogen-bond donors (Lipinski definition) is 1. The quantitative estimate of drug-likeness (QED) is 0.805. The number of benzene rings is 2. The highest BCUT2D eigenvalue weighted by atomic mass is 19.4. The van der Waals surface area contributed by atoms with Crippen molar-refractivity contribution >= 4 is 5.70 Å². The summed E-state index contributed by atoms with van der Waals surface area (Å²) in [4.78, 5) is 4.94. The van der Waals surface area contributed by atoms with E-state index in [1.165, 1.54) is 25.0 Å². The Hall–Kier alpha value is -2.67. The number of rotatable bonds is 3. The Morgan fingerprint density at radius 2 is 1.60 bits per heavy atom. The molecule has 2 heterocycles. The van der Waals surface area contributed by atoms with Gasteiger partial charge < -0.3 is 15.0 Å². The Morgan fingerprint density at radius 3 is 2.27 bits per heavy atom. The van der Waals surface area contributed by atoms with Crippen LogP contribution < -0.4 is 10.1 Å². The first-order valence-electron chi connectivity index (χ1n) is 10.4. The van der Waals surface area contributed by atoms with Gasteiger partial charge in [0.2, 0.25) is 0 Å². The molecule has 0 spiro atoms. The molecule has 7 heteroatoms.